The SMILES string of the molecule is C[C@H](C(=O)NC1CCCCC1)N(Cc1ccc(Cl)cc1Cl)C(=O)CN(c1ccccc1F)S(=O)(=O)c1ccccc1. The van der Waals surface area contributed by atoms with E-state index in [1.54, 1.807) is 37.3 Å². The van der Waals surface area contributed by atoms with Gasteiger partial charge in [-0.15, -0.1) is 0 Å². The molecule has 1 N–H and O–H groups in total. The van der Waals surface area contributed by atoms with E-state index in [0.717, 1.165) is 42.5 Å². The molecule has 0 aromatic heterocycles. The molecule has 11 heteroatoms. The topological polar surface area (TPSA) is 86.8 Å². The molecule has 4 rings (SSSR count). The second kappa shape index (κ2) is 13.7. The maximum absolute atomic E-state index is 15.0. The minimum Gasteiger partial charge on any atom is -0.352 e. The number of halogens is 3. The van der Waals surface area contributed by atoms with Gasteiger partial charge in [-0.2, -0.15) is 0 Å². The van der Waals surface area contributed by atoms with Crippen LogP contribution in [0, 0.1) is 5.82 Å². The zero-order chi connectivity index (χ0) is 29.6. The van der Waals surface area contributed by atoms with E-state index in [0.29, 0.717) is 10.6 Å². The molecule has 1 fully saturated rings. The van der Waals surface area contributed by atoms with Gasteiger partial charge in [-0.3, -0.25) is 13.9 Å². The molecule has 0 spiro atoms. The van der Waals surface area contributed by atoms with Crippen LogP contribution in [-0.2, 0) is 26.2 Å². The number of nitrogens with zero attached hydrogens (tertiary/aromatic N) is 2. The van der Waals surface area contributed by atoms with Crippen LogP contribution in [0.2, 0.25) is 10.0 Å². The molecular formula is C30H32Cl2FN3O4S. The third-order valence-electron chi connectivity index (χ3n) is 7.21. The molecule has 218 valence electrons. The number of anilines is 1. The van der Waals surface area contributed by atoms with Gasteiger partial charge in [0.05, 0.1) is 10.6 Å². The Labute approximate surface area is 250 Å². The molecule has 1 atom stereocenters. The lowest BCUT2D eigenvalue weighted by atomic mass is 9.95. The van der Waals surface area contributed by atoms with Gasteiger partial charge >= 0.3 is 0 Å². The van der Waals surface area contributed by atoms with Crippen molar-refractivity contribution in [2.75, 3.05) is 10.8 Å². The van der Waals surface area contributed by atoms with Crippen LogP contribution in [0.4, 0.5) is 10.1 Å². The highest BCUT2D eigenvalue weighted by Crippen LogP contribution is 2.28. The van der Waals surface area contributed by atoms with Gasteiger partial charge in [0.1, 0.15) is 18.4 Å². The van der Waals surface area contributed by atoms with Crippen molar-refractivity contribution in [2.45, 2.75) is 62.6 Å². The number of carbonyl (C=O) groups excluding carboxylic acids is 2. The lowest BCUT2D eigenvalue weighted by Crippen LogP contribution is -2.53. The van der Waals surface area contributed by atoms with Crippen LogP contribution in [0.15, 0.2) is 77.7 Å². The van der Waals surface area contributed by atoms with Crippen molar-refractivity contribution >= 4 is 50.7 Å². The Kier molecular flexibility index (Phi) is 10.3. The predicted molar refractivity (Wildman–Crippen MR) is 159 cm³/mol. The standard InChI is InChI=1S/C30H32Cl2FN3O4S/c1-21(30(38)34-24-10-4-2-5-11-24)35(19-22-16-17-23(31)18-26(22)32)29(37)20-36(28-15-9-8-14-27(28)33)41(39,40)25-12-6-3-7-13-25/h3,6-9,12-18,21,24H,2,4-5,10-11,19-20H2,1H3,(H,34,38)/t21-/m1/s1. The second-order valence-corrected chi connectivity index (χ2v) is 12.8. The second-order valence-electron chi connectivity index (χ2n) is 10.1. The van der Waals surface area contributed by atoms with E-state index in [4.69, 9.17) is 23.2 Å². The Morgan fingerprint density at radius 1 is 0.976 bits per heavy atom. The molecule has 0 heterocycles. The van der Waals surface area contributed by atoms with Crippen molar-refractivity contribution < 1.29 is 22.4 Å². The number of para-hydroxylation sites is 1. The zero-order valence-corrected chi connectivity index (χ0v) is 24.9. The van der Waals surface area contributed by atoms with E-state index in [1.807, 2.05) is 0 Å². The number of carbonyl (C=O) groups is 2. The summed E-state index contributed by atoms with van der Waals surface area (Å²) >= 11 is 12.5. The van der Waals surface area contributed by atoms with E-state index in [9.17, 15) is 22.4 Å². The summed E-state index contributed by atoms with van der Waals surface area (Å²) < 4.78 is 43.2. The lowest BCUT2D eigenvalue weighted by molar-refractivity contribution is -0.139. The van der Waals surface area contributed by atoms with Gasteiger partial charge in [0.15, 0.2) is 0 Å². The third kappa shape index (κ3) is 7.58. The highest BCUT2D eigenvalue weighted by atomic mass is 35.5. The largest absolute Gasteiger partial charge is 0.352 e. The highest BCUT2D eigenvalue weighted by molar-refractivity contribution is 7.92. The molecule has 1 aliphatic carbocycles. The number of hydrogen-bond donors (Lipinski definition) is 1. The first kappa shape index (κ1) is 30.8. The van der Waals surface area contributed by atoms with Gasteiger partial charge in [-0.25, -0.2) is 12.8 Å². The quantitative estimate of drug-likeness (QED) is 0.293. The minimum absolute atomic E-state index is 0.00291. The van der Waals surface area contributed by atoms with E-state index in [1.165, 1.54) is 41.3 Å². The van der Waals surface area contributed by atoms with Crippen molar-refractivity contribution in [3.8, 4) is 0 Å². The molecule has 1 aliphatic rings. The maximum Gasteiger partial charge on any atom is 0.264 e. The molecule has 41 heavy (non-hydrogen) atoms. The normalized spacial score (nSPS) is 14.7. The average molecular weight is 621 g/mol. The molecule has 2 amide bonds. The molecular weight excluding hydrogens is 588 g/mol. The van der Waals surface area contributed by atoms with Gasteiger partial charge in [-0.1, -0.05) is 78.9 Å². The summed E-state index contributed by atoms with van der Waals surface area (Å²) in [5.74, 6) is -1.88. The lowest BCUT2D eigenvalue weighted by Gasteiger charge is -2.33. The molecule has 0 aliphatic heterocycles. The summed E-state index contributed by atoms with van der Waals surface area (Å²) in [5, 5.41) is 3.73. The third-order valence-corrected chi connectivity index (χ3v) is 9.57. The summed E-state index contributed by atoms with van der Waals surface area (Å²) in [7, 11) is -4.36. The maximum atomic E-state index is 15.0. The Bertz CT molecular complexity index is 1480. The van der Waals surface area contributed by atoms with Gasteiger partial charge in [0.25, 0.3) is 10.0 Å². The monoisotopic (exact) mass is 619 g/mol. The first-order valence-electron chi connectivity index (χ1n) is 13.4. The Hall–Kier alpha value is -3.14. The molecule has 1 saturated carbocycles. The number of amides is 2. The van der Waals surface area contributed by atoms with E-state index in [2.05, 4.69) is 5.32 Å². The fraction of sp³-hybridized carbons (Fsp3) is 0.333. The predicted octanol–water partition coefficient (Wildman–Crippen LogP) is 6.19. The van der Waals surface area contributed by atoms with Crippen molar-refractivity contribution in [3.63, 3.8) is 0 Å². The van der Waals surface area contributed by atoms with Crippen LogP contribution in [0.25, 0.3) is 0 Å². The van der Waals surface area contributed by atoms with E-state index in [-0.39, 0.29) is 34.1 Å². The van der Waals surface area contributed by atoms with Crippen LogP contribution in [0.5, 0.6) is 0 Å². The molecule has 0 bridgehead atoms. The van der Waals surface area contributed by atoms with Gasteiger partial charge in [0, 0.05) is 22.6 Å². The molecule has 0 unspecified atom stereocenters. The highest BCUT2D eigenvalue weighted by Gasteiger charge is 2.34. The summed E-state index contributed by atoms with van der Waals surface area (Å²) in [6, 6.07) is 16.6. The number of rotatable bonds is 10. The summed E-state index contributed by atoms with van der Waals surface area (Å²) in [6.45, 7) is 0.744. The van der Waals surface area contributed by atoms with Gasteiger partial charge in [0.2, 0.25) is 11.8 Å². The summed E-state index contributed by atoms with van der Waals surface area (Å²) in [5.41, 5.74) is 0.235. The first-order chi connectivity index (χ1) is 19.6. The van der Waals surface area contributed by atoms with E-state index >= 15 is 0 Å². The van der Waals surface area contributed by atoms with Crippen molar-refractivity contribution in [1.82, 2.24) is 10.2 Å². The molecule has 0 radical (unpaired) electrons. The van der Waals surface area contributed by atoms with Crippen molar-refractivity contribution in [2.24, 2.45) is 0 Å². The number of benzene rings is 3. The number of sulfonamides is 1. The Morgan fingerprint density at radius 2 is 1.63 bits per heavy atom. The molecule has 0 saturated heterocycles. The van der Waals surface area contributed by atoms with Crippen LogP contribution in [-0.4, -0.2) is 43.8 Å². The molecule has 3 aromatic carbocycles. The van der Waals surface area contributed by atoms with Gasteiger partial charge < -0.3 is 10.2 Å². The molecule has 3 aromatic rings. The fourth-order valence-electron chi connectivity index (χ4n) is 4.87. The van der Waals surface area contributed by atoms with Crippen LogP contribution >= 0.6 is 23.2 Å². The van der Waals surface area contributed by atoms with E-state index < -0.39 is 34.3 Å². The first-order valence-corrected chi connectivity index (χ1v) is 15.6. The van der Waals surface area contributed by atoms with Crippen LogP contribution in [0.1, 0.15) is 44.6 Å². The number of nitrogens with one attached hydrogen (secondary N) is 1. The Morgan fingerprint density at radius 3 is 2.29 bits per heavy atom. The van der Waals surface area contributed by atoms with Gasteiger partial charge in [-0.05, 0) is 61.7 Å². The number of hydrogen-bond acceptors (Lipinski definition) is 4. The summed E-state index contributed by atoms with van der Waals surface area (Å²) in [6.07, 6.45) is 4.84. The van der Waals surface area contributed by atoms with Crippen molar-refractivity contribution in [3.05, 3.63) is 94.2 Å². The van der Waals surface area contributed by atoms with Crippen LogP contribution in [0.3, 0.4) is 0 Å². The smallest absolute Gasteiger partial charge is 0.264 e. The summed E-state index contributed by atoms with van der Waals surface area (Å²) in [4.78, 5) is 28.5. The average Bonchev–Trinajstić information content (AvgIpc) is 2.96. The van der Waals surface area contributed by atoms with Crippen molar-refractivity contribution in [1.29, 1.82) is 0 Å². The van der Waals surface area contributed by atoms with Crippen LogP contribution < -0.4 is 9.62 Å². The zero-order valence-electron chi connectivity index (χ0n) is 22.6. The molecule has 7 nitrogen and oxygen atoms in total. The Balaban J connectivity index is 1.69. The minimum atomic E-state index is -4.36. The fourth-order valence-corrected chi connectivity index (χ4v) is 6.78.